The van der Waals surface area contributed by atoms with Crippen LogP contribution in [0.3, 0.4) is 0 Å². The molecular weight excluding hydrogens is 331 g/mol. The van der Waals surface area contributed by atoms with E-state index in [1.807, 2.05) is 6.07 Å². The van der Waals surface area contributed by atoms with Crippen LogP contribution in [-0.2, 0) is 0 Å². The van der Waals surface area contributed by atoms with Crippen molar-refractivity contribution in [3.63, 3.8) is 0 Å². The van der Waals surface area contributed by atoms with E-state index < -0.39 is 0 Å². The molecule has 0 bridgehead atoms. The number of anilines is 1. The first-order valence-electron chi connectivity index (χ1n) is 4.30. The van der Waals surface area contributed by atoms with Crippen LogP contribution in [0.1, 0.15) is 12.8 Å². The molecule has 1 aromatic rings. The first-order chi connectivity index (χ1) is 6.65. The van der Waals surface area contributed by atoms with Crippen molar-refractivity contribution >= 4 is 49.3 Å². The lowest BCUT2D eigenvalue weighted by Crippen LogP contribution is -2.23. The molecule has 0 radical (unpaired) electrons. The van der Waals surface area contributed by atoms with Gasteiger partial charge in [-0.25, -0.2) is 4.98 Å². The van der Waals surface area contributed by atoms with Gasteiger partial charge in [-0.1, -0.05) is 0 Å². The molecule has 0 atom stereocenters. The zero-order valence-corrected chi connectivity index (χ0v) is 11.3. The zero-order valence-electron chi connectivity index (χ0n) is 7.36. The van der Waals surface area contributed by atoms with Crippen LogP contribution >= 0.6 is 43.5 Å². The number of nitrogens with one attached hydrogen (secondary N) is 1. The Labute approximate surface area is 105 Å². The summed E-state index contributed by atoms with van der Waals surface area (Å²) >= 11 is 12.7. The van der Waals surface area contributed by atoms with Crippen LogP contribution in [0.25, 0.3) is 0 Å². The molecule has 1 fully saturated rings. The third-order valence-corrected chi connectivity index (χ3v) is 3.85. The van der Waals surface area contributed by atoms with Crippen LogP contribution in [0.5, 0.6) is 0 Å². The Bertz CT molecular complexity index is 353. The van der Waals surface area contributed by atoms with Crippen LogP contribution in [0.4, 0.5) is 5.82 Å². The highest BCUT2D eigenvalue weighted by Gasteiger charge is 2.42. The highest BCUT2D eigenvalue weighted by Crippen LogP contribution is 2.40. The number of hydrogen-bond donors (Lipinski definition) is 1. The Morgan fingerprint density at radius 1 is 1.50 bits per heavy atom. The summed E-state index contributed by atoms with van der Waals surface area (Å²) < 4.78 is 1.92. The lowest BCUT2D eigenvalue weighted by atomic mass is 10.3. The third-order valence-electron chi connectivity index (χ3n) is 2.30. The Morgan fingerprint density at radius 3 is 2.71 bits per heavy atom. The molecule has 1 heterocycles. The number of hydrogen-bond acceptors (Lipinski definition) is 2. The fourth-order valence-electron chi connectivity index (χ4n) is 1.20. The van der Waals surface area contributed by atoms with E-state index in [9.17, 15) is 0 Å². The average molecular weight is 340 g/mol. The second-order valence-electron chi connectivity index (χ2n) is 3.52. The second-order valence-corrected chi connectivity index (χ2v) is 5.56. The first-order valence-corrected chi connectivity index (χ1v) is 6.42. The molecule has 1 N–H and O–H groups in total. The predicted molar refractivity (Wildman–Crippen MR) is 65.9 cm³/mol. The highest BCUT2D eigenvalue weighted by atomic mass is 79.9. The number of halogens is 3. The van der Waals surface area contributed by atoms with Gasteiger partial charge in [0, 0.05) is 16.5 Å². The summed E-state index contributed by atoms with van der Waals surface area (Å²) in [6.45, 7) is 0. The first kappa shape index (κ1) is 10.7. The summed E-state index contributed by atoms with van der Waals surface area (Å²) in [6, 6.07) is 1.97. The lowest BCUT2D eigenvalue weighted by Gasteiger charge is -2.15. The molecule has 5 heteroatoms. The van der Waals surface area contributed by atoms with Gasteiger partial charge in [0.25, 0.3) is 0 Å². The average Bonchev–Trinajstić information content (AvgIpc) is 2.91. The van der Waals surface area contributed by atoms with E-state index >= 15 is 0 Å². The molecule has 0 aromatic carbocycles. The van der Waals surface area contributed by atoms with Gasteiger partial charge in [0.15, 0.2) is 0 Å². The van der Waals surface area contributed by atoms with E-state index in [1.165, 1.54) is 0 Å². The minimum Gasteiger partial charge on any atom is -0.362 e. The summed E-state index contributed by atoms with van der Waals surface area (Å²) in [7, 11) is 0. The molecule has 0 saturated heterocycles. The number of rotatable bonds is 3. The van der Waals surface area contributed by atoms with E-state index in [-0.39, 0.29) is 5.54 Å². The summed E-state index contributed by atoms with van der Waals surface area (Å²) in [5.74, 6) is 1.50. The third kappa shape index (κ3) is 2.23. The molecule has 0 spiro atoms. The molecule has 1 saturated carbocycles. The minimum atomic E-state index is 0.0882. The summed E-state index contributed by atoms with van der Waals surface area (Å²) in [4.78, 5) is 4.29. The zero-order chi connectivity index (χ0) is 10.2. The molecule has 14 heavy (non-hydrogen) atoms. The van der Waals surface area contributed by atoms with Crippen molar-refractivity contribution in [3.05, 3.63) is 21.2 Å². The van der Waals surface area contributed by atoms with Gasteiger partial charge < -0.3 is 5.32 Å². The van der Waals surface area contributed by atoms with Crippen LogP contribution in [-0.4, -0.2) is 16.4 Å². The van der Waals surface area contributed by atoms with Crippen molar-refractivity contribution < 1.29 is 0 Å². The van der Waals surface area contributed by atoms with Crippen LogP contribution in [0, 0.1) is 0 Å². The number of nitrogens with zero attached hydrogens (tertiary/aromatic N) is 1. The van der Waals surface area contributed by atoms with E-state index in [2.05, 4.69) is 42.2 Å². The van der Waals surface area contributed by atoms with Crippen LogP contribution < -0.4 is 5.32 Å². The number of pyridine rings is 1. The van der Waals surface area contributed by atoms with Gasteiger partial charge in [0.05, 0.1) is 10.0 Å². The quantitative estimate of drug-likeness (QED) is 0.847. The van der Waals surface area contributed by atoms with Crippen molar-refractivity contribution in [2.45, 2.75) is 18.4 Å². The van der Waals surface area contributed by atoms with Gasteiger partial charge in [-0.3, -0.25) is 0 Å². The Hall–Kier alpha value is 0.200. The Kier molecular flexibility index (Phi) is 3.05. The lowest BCUT2D eigenvalue weighted by molar-refractivity contribution is 0.828. The molecule has 1 aromatic heterocycles. The smallest absolute Gasteiger partial charge is 0.140 e. The fourth-order valence-corrected chi connectivity index (χ4v) is 2.62. The highest BCUT2D eigenvalue weighted by molar-refractivity contribution is 9.11. The topological polar surface area (TPSA) is 24.9 Å². The molecule has 0 aliphatic heterocycles. The van der Waals surface area contributed by atoms with E-state index in [4.69, 9.17) is 11.6 Å². The molecule has 1 aliphatic carbocycles. The van der Waals surface area contributed by atoms with Gasteiger partial charge in [0.2, 0.25) is 0 Å². The maximum Gasteiger partial charge on any atom is 0.140 e. The van der Waals surface area contributed by atoms with Gasteiger partial charge >= 0.3 is 0 Å². The molecular formula is C9H9Br2ClN2. The summed E-state index contributed by atoms with van der Waals surface area (Å²) in [6.07, 6.45) is 4.03. The van der Waals surface area contributed by atoms with Crippen molar-refractivity contribution in [1.82, 2.24) is 4.98 Å². The molecule has 1 aliphatic rings. The van der Waals surface area contributed by atoms with E-state index in [1.54, 1.807) is 6.20 Å². The molecule has 76 valence electrons. The maximum absolute atomic E-state index is 5.87. The van der Waals surface area contributed by atoms with Crippen molar-refractivity contribution in [3.8, 4) is 0 Å². The SMILES string of the molecule is ClCC1(Nc2ncc(Br)cc2Br)CC1. The Morgan fingerprint density at radius 2 is 2.21 bits per heavy atom. The predicted octanol–water partition coefficient (Wildman–Crippen LogP) is 3.79. The van der Waals surface area contributed by atoms with Gasteiger partial charge in [-0.15, -0.1) is 11.6 Å². The van der Waals surface area contributed by atoms with Crippen molar-refractivity contribution in [1.29, 1.82) is 0 Å². The monoisotopic (exact) mass is 338 g/mol. The molecule has 0 amide bonds. The second kappa shape index (κ2) is 3.99. The Balaban J connectivity index is 2.17. The number of alkyl halides is 1. The minimum absolute atomic E-state index is 0.0882. The summed E-state index contributed by atoms with van der Waals surface area (Å²) in [5.41, 5.74) is 0.0882. The molecule has 2 nitrogen and oxygen atoms in total. The van der Waals surface area contributed by atoms with Gasteiger partial charge in [-0.05, 0) is 50.8 Å². The van der Waals surface area contributed by atoms with Crippen molar-refractivity contribution in [2.75, 3.05) is 11.2 Å². The van der Waals surface area contributed by atoms with E-state index in [0.29, 0.717) is 5.88 Å². The van der Waals surface area contributed by atoms with Crippen molar-refractivity contribution in [2.24, 2.45) is 0 Å². The van der Waals surface area contributed by atoms with Gasteiger partial charge in [-0.2, -0.15) is 0 Å². The van der Waals surface area contributed by atoms with E-state index in [0.717, 1.165) is 27.6 Å². The maximum atomic E-state index is 5.87. The van der Waals surface area contributed by atoms with Crippen LogP contribution in [0.2, 0.25) is 0 Å². The van der Waals surface area contributed by atoms with Gasteiger partial charge in [0.1, 0.15) is 5.82 Å². The standard InChI is InChI=1S/C9H9Br2ClN2/c10-6-3-7(11)8(13-4-6)14-9(5-12)1-2-9/h3-4H,1-2,5H2,(H,13,14). The normalized spacial score (nSPS) is 17.9. The largest absolute Gasteiger partial charge is 0.362 e. The summed E-state index contributed by atoms with van der Waals surface area (Å²) in [5, 5.41) is 3.36. The fraction of sp³-hybridized carbons (Fsp3) is 0.444. The molecule has 0 unspecified atom stereocenters. The number of aromatic nitrogens is 1. The van der Waals surface area contributed by atoms with Crippen LogP contribution in [0.15, 0.2) is 21.2 Å². The molecule has 2 rings (SSSR count).